The largest absolute Gasteiger partial charge is 0.355 e. The maximum absolute atomic E-state index is 13.2. The third-order valence-electron chi connectivity index (χ3n) is 6.11. The summed E-state index contributed by atoms with van der Waals surface area (Å²) in [7, 11) is 3.04. The molecular weight excluding hydrogens is 514 g/mol. The fourth-order valence-corrected chi connectivity index (χ4v) is 5.10. The van der Waals surface area contributed by atoms with E-state index in [4.69, 9.17) is 11.6 Å². The van der Waals surface area contributed by atoms with Crippen LogP contribution in [0.1, 0.15) is 11.1 Å². The number of thioether (sulfide) groups is 1. The summed E-state index contributed by atoms with van der Waals surface area (Å²) < 4.78 is 5.86. The minimum atomic E-state index is -0.466. The van der Waals surface area contributed by atoms with Gasteiger partial charge in [-0.05, 0) is 29.7 Å². The van der Waals surface area contributed by atoms with Gasteiger partial charge in [0.05, 0.1) is 12.3 Å². The molecule has 0 atom stereocenters. The first-order chi connectivity index (χ1) is 17.8. The lowest BCUT2D eigenvalue weighted by molar-refractivity contribution is -0.118. The Kier molecular flexibility index (Phi) is 6.90. The SMILES string of the molecule is Cn1c(=O)c2c(n(C)c1=O)n1c(SCC(=O)NCCc3ccccc3)nnc1n2Cc1ccc(Cl)cc1. The van der Waals surface area contributed by atoms with Crippen LogP contribution in [0.15, 0.2) is 69.3 Å². The summed E-state index contributed by atoms with van der Waals surface area (Å²) >= 11 is 7.23. The van der Waals surface area contributed by atoms with E-state index >= 15 is 0 Å². The van der Waals surface area contributed by atoms with Gasteiger partial charge in [-0.1, -0.05) is 65.8 Å². The molecule has 37 heavy (non-hydrogen) atoms. The molecule has 0 aliphatic heterocycles. The van der Waals surface area contributed by atoms with Gasteiger partial charge >= 0.3 is 5.69 Å². The van der Waals surface area contributed by atoms with Crippen molar-refractivity contribution in [2.75, 3.05) is 12.3 Å². The normalized spacial score (nSPS) is 11.4. The average molecular weight is 538 g/mol. The zero-order valence-electron chi connectivity index (χ0n) is 20.2. The van der Waals surface area contributed by atoms with E-state index in [-0.39, 0.29) is 11.7 Å². The number of aromatic nitrogens is 6. The lowest BCUT2D eigenvalue weighted by atomic mass is 10.1. The summed E-state index contributed by atoms with van der Waals surface area (Å²) in [4.78, 5) is 38.5. The number of halogens is 1. The monoisotopic (exact) mass is 537 g/mol. The van der Waals surface area contributed by atoms with Crippen LogP contribution in [0, 0.1) is 0 Å². The van der Waals surface area contributed by atoms with E-state index in [9.17, 15) is 14.4 Å². The number of amides is 1. The highest BCUT2D eigenvalue weighted by Gasteiger charge is 2.24. The molecule has 12 heteroatoms. The Morgan fingerprint density at radius 1 is 0.973 bits per heavy atom. The standard InChI is InChI=1S/C25H24ClN7O3S/c1-30-21-20(22(35)31(2)25(30)36)32(14-17-8-10-18(26)11-9-17)23-28-29-24(33(21)23)37-15-19(34)27-13-12-16-6-4-3-5-7-16/h3-11H,12-15H2,1-2H3,(H,27,34). The Labute approximate surface area is 220 Å². The molecule has 3 aromatic heterocycles. The predicted octanol–water partition coefficient (Wildman–Crippen LogP) is 2.23. The van der Waals surface area contributed by atoms with E-state index in [1.54, 1.807) is 28.1 Å². The first-order valence-corrected chi connectivity index (χ1v) is 12.9. The lowest BCUT2D eigenvalue weighted by Gasteiger charge is -2.08. The Hall–Kier alpha value is -3.83. The van der Waals surface area contributed by atoms with Crippen molar-refractivity contribution in [3.63, 3.8) is 0 Å². The molecule has 0 unspecified atom stereocenters. The molecule has 0 spiro atoms. The third-order valence-corrected chi connectivity index (χ3v) is 7.30. The molecule has 0 aliphatic rings. The summed E-state index contributed by atoms with van der Waals surface area (Å²) in [6, 6.07) is 17.2. The summed E-state index contributed by atoms with van der Waals surface area (Å²) in [5.41, 5.74) is 1.83. The van der Waals surface area contributed by atoms with Crippen molar-refractivity contribution in [1.29, 1.82) is 0 Å². The number of fused-ring (bicyclic) bond motifs is 3. The van der Waals surface area contributed by atoms with Crippen molar-refractivity contribution < 1.29 is 4.79 Å². The second kappa shape index (κ2) is 10.3. The van der Waals surface area contributed by atoms with Gasteiger partial charge in [0.15, 0.2) is 16.3 Å². The molecule has 10 nitrogen and oxygen atoms in total. The quantitative estimate of drug-likeness (QED) is 0.304. The second-order valence-electron chi connectivity index (χ2n) is 8.58. The molecule has 0 radical (unpaired) electrons. The molecule has 0 saturated heterocycles. The molecule has 5 rings (SSSR count). The zero-order chi connectivity index (χ0) is 26.1. The number of carbonyl (C=O) groups is 1. The van der Waals surface area contributed by atoms with Crippen LogP contribution in [0.3, 0.4) is 0 Å². The molecule has 0 aliphatic carbocycles. The Balaban J connectivity index is 1.47. The smallest absolute Gasteiger partial charge is 0.332 e. The lowest BCUT2D eigenvalue weighted by Crippen LogP contribution is -2.37. The van der Waals surface area contributed by atoms with Crippen molar-refractivity contribution in [3.05, 3.63) is 91.6 Å². The number of carbonyl (C=O) groups excluding carboxylic acids is 1. The first-order valence-electron chi connectivity index (χ1n) is 11.6. The zero-order valence-corrected chi connectivity index (χ0v) is 21.8. The highest BCUT2D eigenvalue weighted by Crippen LogP contribution is 2.24. The second-order valence-corrected chi connectivity index (χ2v) is 9.96. The van der Waals surface area contributed by atoms with Gasteiger partial charge < -0.3 is 5.32 Å². The maximum Gasteiger partial charge on any atom is 0.332 e. The number of benzene rings is 2. The van der Waals surface area contributed by atoms with Gasteiger partial charge in [0, 0.05) is 25.7 Å². The Morgan fingerprint density at radius 3 is 2.43 bits per heavy atom. The third kappa shape index (κ3) is 4.79. The van der Waals surface area contributed by atoms with E-state index in [0.29, 0.717) is 40.2 Å². The van der Waals surface area contributed by atoms with Crippen LogP contribution in [0.5, 0.6) is 0 Å². The number of aryl methyl sites for hydroxylation is 1. The number of imidazole rings is 1. The van der Waals surface area contributed by atoms with Crippen LogP contribution in [0.4, 0.5) is 0 Å². The van der Waals surface area contributed by atoms with E-state index < -0.39 is 11.2 Å². The molecule has 1 amide bonds. The van der Waals surface area contributed by atoms with Crippen molar-refractivity contribution in [2.45, 2.75) is 18.1 Å². The van der Waals surface area contributed by atoms with E-state index in [0.717, 1.165) is 22.1 Å². The number of rotatable bonds is 8. The minimum absolute atomic E-state index is 0.109. The van der Waals surface area contributed by atoms with Crippen molar-refractivity contribution in [3.8, 4) is 0 Å². The summed E-state index contributed by atoms with van der Waals surface area (Å²) in [5.74, 6) is 0.362. The molecule has 5 aromatic rings. The number of hydrogen-bond acceptors (Lipinski definition) is 6. The predicted molar refractivity (Wildman–Crippen MR) is 143 cm³/mol. The van der Waals surface area contributed by atoms with Gasteiger partial charge in [-0.25, -0.2) is 9.20 Å². The van der Waals surface area contributed by atoms with Crippen LogP contribution in [-0.4, -0.2) is 46.5 Å². The molecule has 1 N–H and O–H groups in total. The minimum Gasteiger partial charge on any atom is -0.355 e. The van der Waals surface area contributed by atoms with Gasteiger partial charge in [0.25, 0.3) is 5.56 Å². The molecule has 190 valence electrons. The molecule has 0 bridgehead atoms. The molecule has 2 aromatic carbocycles. The topological polar surface area (TPSA) is 108 Å². The van der Waals surface area contributed by atoms with Crippen LogP contribution in [0.2, 0.25) is 5.02 Å². The van der Waals surface area contributed by atoms with Crippen molar-refractivity contribution >= 4 is 46.2 Å². The Morgan fingerprint density at radius 2 is 1.70 bits per heavy atom. The van der Waals surface area contributed by atoms with Gasteiger partial charge in [-0.3, -0.25) is 23.3 Å². The van der Waals surface area contributed by atoms with Gasteiger partial charge in [-0.2, -0.15) is 0 Å². The maximum atomic E-state index is 13.2. The molecule has 0 saturated carbocycles. The van der Waals surface area contributed by atoms with Crippen LogP contribution in [-0.2, 0) is 31.9 Å². The molecule has 0 fully saturated rings. The van der Waals surface area contributed by atoms with Crippen LogP contribution >= 0.6 is 23.4 Å². The summed E-state index contributed by atoms with van der Waals surface area (Å²) in [6.07, 6.45) is 0.732. The molecule has 3 heterocycles. The number of nitrogens with one attached hydrogen (secondary N) is 1. The van der Waals surface area contributed by atoms with Gasteiger partial charge in [0.1, 0.15) is 0 Å². The first kappa shape index (κ1) is 24.8. The van der Waals surface area contributed by atoms with E-state index in [1.165, 1.54) is 23.4 Å². The van der Waals surface area contributed by atoms with Crippen LogP contribution < -0.4 is 16.6 Å². The fraction of sp³-hybridized carbons (Fsp3) is 0.240. The van der Waals surface area contributed by atoms with Gasteiger partial charge in [-0.15, -0.1) is 10.2 Å². The van der Waals surface area contributed by atoms with E-state index in [1.807, 2.05) is 42.5 Å². The van der Waals surface area contributed by atoms with Crippen molar-refractivity contribution in [1.82, 2.24) is 33.6 Å². The summed E-state index contributed by atoms with van der Waals surface area (Å²) in [6.45, 7) is 0.837. The average Bonchev–Trinajstić information content (AvgIpc) is 3.45. The highest BCUT2D eigenvalue weighted by molar-refractivity contribution is 7.99. The number of nitrogens with zero attached hydrogens (tertiary/aromatic N) is 6. The van der Waals surface area contributed by atoms with E-state index in [2.05, 4.69) is 15.5 Å². The fourth-order valence-electron chi connectivity index (χ4n) is 4.22. The van der Waals surface area contributed by atoms with Crippen LogP contribution in [0.25, 0.3) is 16.9 Å². The Bertz CT molecular complexity index is 1720. The highest BCUT2D eigenvalue weighted by atomic mass is 35.5. The summed E-state index contributed by atoms with van der Waals surface area (Å²) in [5, 5.41) is 12.5. The number of hydrogen-bond donors (Lipinski definition) is 1. The van der Waals surface area contributed by atoms with Gasteiger partial charge in [0.2, 0.25) is 11.7 Å². The van der Waals surface area contributed by atoms with Crippen molar-refractivity contribution in [2.24, 2.45) is 14.1 Å². The molecular formula is C25H24ClN7O3S.